The van der Waals surface area contributed by atoms with Crippen LogP contribution in [0.1, 0.15) is 6.92 Å². The zero-order valence-electron chi connectivity index (χ0n) is 12.5. The van der Waals surface area contributed by atoms with E-state index >= 15 is 0 Å². The number of anilines is 1. The van der Waals surface area contributed by atoms with Crippen LogP contribution in [0.3, 0.4) is 0 Å². The van der Waals surface area contributed by atoms with Crippen LogP contribution in [-0.2, 0) is 4.79 Å². The van der Waals surface area contributed by atoms with E-state index in [9.17, 15) is 4.79 Å². The van der Waals surface area contributed by atoms with Gasteiger partial charge in [-0.05, 0) is 25.1 Å². The second-order valence-electron chi connectivity index (χ2n) is 4.78. The molecule has 0 unspecified atom stereocenters. The highest BCUT2D eigenvalue weighted by atomic mass is 16.5. The number of carbonyl (C=O) groups excluding carboxylic acids is 1. The number of ether oxygens (including phenoxy) is 1. The van der Waals surface area contributed by atoms with Gasteiger partial charge in [0.2, 0.25) is 0 Å². The number of aromatic nitrogens is 4. The molecule has 3 rings (SSSR count). The minimum atomic E-state index is -0.636. The van der Waals surface area contributed by atoms with Crippen molar-refractivity contribution in [2.45, 2.75) is 13.0 Å². The maximum atomic E-state index is 12.1. The number of nitrogens with one attached hydrogen (secondary N) is 1. The summed E-state index contributed by atoms with van der Waals surface area (Å²) in [5.41, 5.74) is 0.495. The molecule has 2 aromatic heterocycles. The van der Waals surface area contributed by atoms with E-state index in [-0.39, 0.29) is 5.91 Å². The number of hydrogen-bond acceptors (Lipinski definition) is 5. The van der Waals surface area contributed by atoms with Crippen LogP contribution in [0.25, 0.3) is 5.95 Å². The lowest BCUT2D eigenvalue weighted by Gasteiger charge is -2.14. The Bertz CT molecular complexity index is 757. The Morgan fingerprint density at radius 3 is 2.57 bits per heavy atom. The second-order valence-corrected chi connectivity index (χ2v) is 4.78. The maximum Gasteiger partial charge on any atom is 0.265 e. The average molecular weight is 309 g/mol. The van der Waals surface area contributed by atoms with Gasteiger partial charge < -0.3 is 10.1 Å². The van der Waals surface area contributed by atoms with Gasteiger partial charge in [-0.25, -0.2) is 14.6 Å². The molecule has 0 aliphatic carbocycles. The van der Waals surface area contributed by atoms with Gasteiger partial charge in [0.1, 0.15) is 5.75 Å². The normalized spacial score (nSPS) is 11.7. The van der Waals surface area contributed by atoms with Crippen molar-refractivity contribution in [2.24, 2.45) is 0 Å². The zero-order chi connectivity index (χ0) is 16.1. The lowest BCUT2D eigenvalue weighted by Crippen LogP contribution is -2.30. The Morgan fingerprint density at radius 2 is 1.91 bits per heavy atom. The summed E-state index contributed by atoms with van der Waals surface area (Å²) in [4.78, 5) is 20.4. The number of hydrogen-bond donors (Lipinski definition) is 1. The van der Waals surface area contributed by atoms with E-state index < -0.39 is 6.10 Å². The molecular formula is C16H15N5O2. The van der Waals surface area contributed by atoms with Gasteiger partial charge >= 0.3 is 0 Å². The molecule has 0 radical (unpaired) electrons. The molecule has 7 heteroatoms. The molecule has 116 valence electrons. The van der Waals surface area contributed by atoms with Crippen molar-refractivity contribution in [3.8, 4) is 11.7 Å². The molecule has 0 aliphatic rings. The molecule has 7 nitrogen and oxygen atoms in total. The van der Waals surface area contributed by atoms with E-state index in [1.807, 2.05) is 18.2 Å². The van der Waals surface area contributed by atoms with E-state index in [4.69, 9.17) is 4.74 Å². The standard InChI is InChI=1S/C16H15N5O2/c1-12(23-14-6-3-2-4-7-14)15(22)20-13-10-17-16(18-11-13)21-9-5-8-19-21/h2-12H,1H3,(H,20,22)/t12-/m1/s1. The SMILES string of the molecule is C[C@@H](Oc1ccccc1)C(=O)Nc1cnc(-n2cccn2)nc1. The summed E-state index contributed by atoms with van der Waals surface area (Å²) in [6, 6.07) is 11.0. The molecule has 0 fully saturated rings. The summed E-state index contributed by atoms with van der Waals surface area (Å²) in [5, 5.41) is 6.75. The monoisotopic (exact) mass is 309 g/mol. The van der Waals surface area contributed by atoms with Crippen molar-refractivity contribution < 1.29 is 9.53 Å². The Labute approximate surface area is 133 Å². The van der Waals surface area contributed by atoms with Gasteiger partial charge in [0.05, 0.1) is 18.1 Å². The third-order valence-electron chi connectivity index (χ3n) is 3.04. The van der Waals surface area contributed by atoms with E-state index in [0.29, 0.717) is 17.4 Å². The molecule has 0 saturated carbocycles. The van der Waals surface area contributed by atoms with Gasteiger partial charge in [-0.15, -0.1) is 0 Å². The number of carbonyl (C=O) groups is 1. The fraction of sp³-hybridized carbons (Fsp3) is 0.125. The smallest absolute Gasteiger partial charge is 0.265 e. The Kier molecular flexibility index (Phi) is 4.28. The highest BCUT2D eigenvalue weighted by Crippen LogP contribution is 2.12. The maximum absolute atomic E-state index is 12.1. The zero-order valence-corrected chi connectivity index (χ0v) is 12.5. The highest BCUT2D eigenvalue weighted by Gasteiger charge is 2.15. The molecule has 0 saturated heterocycles. The lowest BCUT2D eigenvalue weighted by atomic mass is 10.3. The van der Waals surface area contributed by atoms with Gasteiger partial charge in [-0.3, -0.25) is 4.79 Å². The predicted molar refractivity (Wildman–Crippen MR) is 84.3 cm³/mol. The largest absolute Gasteiger partial charge is 0.481 e. The minimum absolute atomic E-state index is 0.274. The van der Waals surface area contributed by atoms with Crippen molar-refractivity contribution >= 4 is 11.6 Å². The molecule has 3 aromatic rings. The van der Waals surface area contributed by atoms with Crippen LogP contribution >= 0.6 is 0 Å². The number of para-hydroxylation sites is 1. The number of nitrogens with zero attached hydrogens (tertiary/aromatic N) is 4. The van der Waals surface area contributed by atoms with Crippen LogP contribution in [0.4, 0.5) is 5.69 Å². The van der Waals surface area contributed by atoms with E-state index in [1.165, 1.54) is 17.1 Å². The fourth-order valence-electron chi connectivity index (χ4n) is 1.89. The summed E-state index contributed by atoms with van der Waals surface area (Å²) in [6.07, 6.45) is 5.79. The molecule has 2 heterocycles. The first kappa shape index (κ1) is 14.7. The molecule has 1 atom stereocenters. The first-order chi connectivity index (χ1) is 11.2. The van der Waals surface area contributed by atoms with Crippen LogP contribution in [-0.4, -0.2) is 31.8 Å². The second kappa shape index (κ2) is 6.69. The topological polar surface area (TPSA) is 81.9 Å². The summed E-state index contributed by atoms with van der Waals surface area (Å²) in [6.45, 7) is 1.68. The van der Waals surface area contributed by atoms with E-state index in [0.717, 1.165) is 0 Å². The Morgan fingerprint density at radius 1 is 1.17 bits per heavy atom. The minimum Gasteiger partial charge on any atom is -0.481 e. The number of rotatable bonds is 5. The first-order valence-electron chi connectivity index (χ1n) is 7.07. The summed E-state index contributed by atoms with van der Waals surface area (Å²) < 4.78 is 7.10. The fourth-order valence-corrected chi connectivity index (χ4v) is 1.89. The van der Waals surface area contributed by atoms with E-state index in [1.54, 1.807) is 37.5 Å². The van der Waals surface area contributed by atoms with Crippen LogP contribution in [0.5, 0.6) is 5.75 Å². The highest BCUT2D eigenvalue weighted by molar-refractivity contribution is 5.93. The Hall–Kier alpha value is -3.22. The third-order valence-corrected chi connectivity index (χ3v) is 3.04. The van der Waals surface area contributed by atoms with Gasteiger partial charge in [0, 0.05) is 12.4 Å². The molecule has 1 N–H and O–H groups in total. The molecular weight excluding hydrogens is 294 g/mol. The van der Waals surface area contributed by atoms with Crippen LogP contribution in [0.15, 0.2) is 61.2 Å². The summed E-state index contributed by atoms with van der Waals surface area (Å²) in [5.74, 6) is 0.798. The van der Waals surface area contributed by atoms with E-state index in [2.05, 4.69) is 20.4 Å². The van der Waals surface area contributed by atoms with Crippen LogP contribution in [0, 0.1) is 0 Å². The van der Waals surface area contributed by atoms with Gasteiger partial charge in [0.15, 0.2) is 6.10 Å². The molecule has 1 aromatic carbocycles. The predicted octanol–water partition coefficient (Wildman–Crippen LogP) is 2.07. The van der Waals surface area contributed by atoms with Crippen molar-refractivity contribution in [1.82, 2.24) is 19.7 Å². The molecule has 0 bridgehead atoms. The van der Waals surface area contributed by atoms with Crippen molar-refractivity contribution in [3.05, 3.63) is 61.2 Å². The van der Waals surface area contributed by atoms with Gasteiger partial charge in [0.25, 0.3) is 11.9 Å². The van der Waals surface area contributed by atoms with Gasteiger partial charge in [-0.1, -0.05) is 18.2 Å². The van der Waals surface area contributed by atoms with Crippen molar-refractivity contribution in [3.63, 3.8) is 0 Å². The van der Waals surface area contributed by atoms with Crippen LogP contribution in [0.2, 0.25) is 0 Å². The average Bonchev–Trinajstić information content (AvgIpc) is 3.11. The Balaban J connectivity index is 1.61. The molecule has 0 spiro atoms. The molecule has 1 amide bonds. The summed E-state index contributed by atoms with van der Waals surface area (Å²) >= 11 is 0. The number of benzene rings is 1. The number of amides is 1. The van der Waals surface area contributed by atoms with Crippen molar-refractivity contribution in [1.29, 1.82) is 0 Å². The van der Waals surface area contributed by atoms with Crippen LogP contribution < -0.4 is 10.1 Å². The quantitative estimate of drug-likeness (QED) is 0.780. The van der Waals surface area contributed by atoms with Crippen molar-refractivity contribution in [2.75, 3.05) is 5.32 Å². The lowest BCUT2D eigenvalue weighted by molar-refractivity contribution is -0.122. The molecule has 0 aliphatic heterocycles. The summed E-state index contributed by atoms with van der Waals surface area (Å²) in [7, 11) is 0. The van der Waals surface area contributed by atoms with Gasteiger partial charge in [-0.2, -0.15) is 5.10 Å². The first-order valence-corrected chi connectivity index (χ1v) is 7.07. The molecule has 23 heavy (non-hydrogen) atoms. The third kappa shape index (κ3) is 3.70.